The number of halogens is 1. The number of nitrogens with zero attached hydrogens (tertiary/aromatic N) is 1. The highest BCUT2D eigenvalue weighted by Crippen LogP contribution is 2.25. The van der Waals surface area contributed by atoms with Crippen molar-refractivity contribution in [3.05, 3.63) is 28.2 Å². The number of benzene rings is 1. The molecule has 0 fully saturated rings. The SMILES string of the molecule is CC(C)CNC(=O)CN(C)c1ccc(C=O)cc1Br. The van der Waals surface area contributed by atoms with Crippen LogP contribution in [0, 0.1) is 5.92 Å². The number of hydrogen-bond donors (Lipinski definition) is 1. The molecule has 0 aliphatic carbocycles. The summed E-state index contributed by atoms with van der Waals surface area (Å²) < 4.78 is 0.802. The fourth-order valence-corrected chi connectivity index (χ4v) is 2.28. The van der Waals surface area contributed by atoms with Crippen molar-refractivity contribution in [2.45, 2.75) is 13.8 Å². The molecule has 0 aliphatic heterocycles. The lowest BCUT2D eigenvalue weighted by atomic mass is 10.2. The Labute approximate surface area is 122 Å². The molecule has 0 bridgehead atoms. The molecule has 0 saturated carbocycles. The standard InChI is InChI=1S/C14H19BrN2O2/c1-10(2)7-16-14(19)8-17(3)13-5-4-11(9-18)6-12(13)15/h4-6,9-10H,7-8H2,1-3H3,(H,16,19). The Kier molecular flexibility index (Phi) is 6.02. The quantitative estimate of drug-likeness (QED) is 0.817. The van der Waals surface area contributed by atoms with Gasteiger partial charge in [0.2, 0.25) is 5.91 Å². The van der Waals surface area contributed by atoms with Gasteiger partial charge in [-0.2, -0.15) is 0 Å². The molecule has 0 aliphatic rings. The minimum atomic E-state index is -0.0115. The van der Waals surface area contributed by atoms with E-state index in [2.05, 4.69) is 35.1 Å². The summed E-state index contributed by atoms with van der Waals surface area (Å²) in [4.78, 5) is 24.3. The number of carbonyl (C=O) groups is 2. The van der Waals surface area contributed by atoms with Gasteiger partial charge in [0, 0.05) is 23.6 Å². The van der Waals surface area contributed by atoms with E-state index in [1.165, 1.54) is 0 Å². The molecule has 5 heteroatoms. The first-order valence-corrected chi connectivity index (χ1v) is 6.96. The van der Waals surface area contributed by atoms with Crippen LogP contribution in [0.15, 0.2) is 22.7 Å². The van der Waals surface area contributed by atoms with Crippen molar-refractivity contribution < 1.29 is 9.59 Å². The number of nitrogens with one attached hydrogen (secondary N) is 1. The minimum absolute atomic E-state index is 0.0115. The van der Waals surface area contributed by atoms with Crippen LogP contribution in [0.25, 0.3) is 0 Å². The van der Waals surface area contributed by atoms with Gasteiger partial charge in [-0.05, 0) is 40.0 Å². The molecule has 0 aromatic heterocycles. The Hall–Kier alpha value is -1.36. The fourth-order valence-electron chi connectivity index (χ4n) is 1.58. The van der Waals surface area contributed by atoms with Crippen LogP contribution in [-0.4, -0.2) is 32.3 Å². The molecule has 0 spiro atoms. The molecule has 1 aromatic carbocycles. The largest absolute Gasteiger partial charge is 0.364 e. The summed E-state index contributed by atoms with van der Waals surface area (Å²) in [5.74, 6) is 0.426. The normalized spacial score (nSPS) is 10.4. The van der Waals surface area contributed by atoms with Crippen LogP contribution in [0.4, 0.5) is 5.69 Å². The third-order valence-electron chi connectivity index (χ3n) is 2.61. The molecule has 0 saturated heterocycles. The summed E-state index contributed by atoms with van der Waals surface area (Å²) in [7, 11) is 1.84. The van der Waals surface area contributed by atoms with Crippen molar-refractivity contribution in [1.82, 2.24) is 5.32 Å². The average molecular weight is 327 g/mol. The Morgan fingerprint density at radius 2 is 2.16 bits per heavy atom. The van der Waals surface area contributed by atoms with Crippen LogP contribution in [0.3, 0.4) is 0 Å². The van der Waals surface area contributed by atoms with E-state index >= 15 is 0 Å². The van der Waals surface area contributed by atoms with Gasteiger partial charge in [0.1, 0.15) is 6.29 Å². The van der Waals surface area contributed by atoms with E-state index in [1.807, 2.05) is 18.0 Å². The smallest absolute Gasteiger partial charge is 0.239 e. The molecule has 19 heavy (non-hydrogen) atoms. The average Bonchev–Trinajstić information content (AvgIpc) is 2.35. The number of hydrogen-bond acceptors (Lipinski definition) is 3. The van der Waals surface area contributed by atoms with Gasteiger partial charge >= 0.3 is 0 Å². The molecule has 104 valence electrons. The molecule has 0 radical (unpaired) electrons. The van der Waals surface area contributed by atoms with Gasteiger partial charge in [-0.3, -0.25) is 9.59 Å². The van der Waals surface area contributed by atoms with Crippen LogP contribution in [0.1, 0.15) is 24.2 Å². The summed E-state index contributed by atoms with van der Waals surface area (Å²) in [5.41, 5.74) is 1.48. The van der Waals surface area contributed by atoms with Crippen LogP contribution in [0.2, 0.25) is 0 Å². The van der Waals surface area contributed by atoms with Crippen molar-refractivity contribution in [3.63, 3.8) is 0 Å². The van der Waals surface area contributed by atoms with E-state index in [4.69, 9.17) is 0 Å². The van der Waals surface area contributed by atoms with E-state index < -0.39 is 0 Å². The highest BCUT2D eigenvalue weighted by Gasteiger charge is 2.10. The van der Waals surface area contributed by atoms with Gasteiger partial charge in [-0.1, -0.05) is 13.8 Å². The summed E-state index contributed by atoms with van der Waals surface area (Å²) in [6.45, 7) is 5.07. The Balaban J connectivity index is 2.65. The van der Waals surface area contributed by atoms with Crippen LogP contribution in [0.5, 0.6) is 0 Å². The number of rotatable bonds is 6. The zero-order valence-corrected chi connectivity index (χ0v) is 13.0. The van der Waals surface area contributed by atoms with Crippen molar-refractivity contribution >= 4 is 33.8 Å². The van der Waals surface area contributed by atoms with E-state index in [-0.39, 0.29) is 12.5 Å². The van der Waals surface area contributed by atoms with Crippen LogP contribution >= 0.6 is 15.9 Å². The van der Waals surface area contributed by atoms with Crippen molar-refractivity contribution in [1.29, 1.82) is 0 Å². The molecule has 1 amide bonds. The van der Waals surface area contributed by atoms with Crippen LogP contribution in [-0.2, 0) is 4.79 Å². The maximum atomic E-state index is 11.7. The Morgan fingerprint density at radius 1 is 1.47 bits per heavy atom. The predicted octanol–water partition coefficient (Wildman–Crippen LogP) is 2.47. The number of carbonyl (C=O) groups excluding carboxylic acids is 2. The van der Waals surface area contributed by atoms with Crippen molar-refractivity contribution in [2.75, 3.05) is 25.0 Å². The molecule has 1 aromatic rings. The third-order valence-corrected chi connectivity index (χ3v) is 3.24. The van der Waals surface area contributed by atoms with Gasteiger partial charge in [0.05, 0.1) is 12.2 Å². The van der Waals surface area contributed by atoms with Crippen LogP contribution < -0.4 is 10.2 Å². The monoisotopic (exact) mass is 326 g/mol. The topological polar surface area (TPSA) is 49.4 Å². The number of aldehydes is 1. The zero-order valence-electron chi connectivity index (χ0n) is 11.4. The zero-order chi connectivity index (χ0) is 14.4. The Bertz CT molecular complexity index is 461. The summed E-state index contributed by atoms with van der Waals surface area (Å²) >= 11 is 3.41. The van der Waals surface area contributed by atoms with Gasteiger partial charge < -0.3 is 10.2 Å². The van der Waals surface area contributed by atoms with Gasteiger partial charge in [-0.15, -0.1) is 0 Å². The lowest BCUT2D eigenvalue weighted by Gasteiger charge is -2.20. The number of anilines is 1. The maximum Gasteiger partial charge on any atom is 0.239 e. The first-order valence-electron chi connectivity index (χ1n) is 6.16. The number of likely N-dealkylation sites (N-methyl/N-ethyl adjacent to an activating group) is 1. The van der Waals surface area contributed by atoms with E-state index in [9.17, 15) is 9.59 Å². The predicted molar refractivity (Wildman–Crippen MR) is 80.6 cm³/mol. The minimum Gasteiger partial charge on any atom is -0.364 e. The second-order valence-electron chi connectivity index (χ2n) is 4.88. The fraction of sp³-hybridized carbons (Fsp3) is 0.429. The van der Waals surface area contributed by atoms with Crippen molar-refractivity contribution in [3.8, 4) is 0 Å². The van der Waals surface area contributed by atoms with E-state index in [1.54, 1.807) is 12.1 Å². The lowest BCUT2D eigenvalue weighted by Crippen LogP contribution is -2.36. The molecule has 0 heterocycles. The molecule has 0 atom stereocenters. The highest BCUT2D eigenvalue weighted by atomic mass is 79.9. The third kappa shape index (κ3) is 5.03. The van der Waals surface area contributed by atoms with Crippen molar-refractivity contribution in [2.24, 2.45) is 5.92 Å². The number of amides is 1. The van der Waals surface area contributed by atoms with E-state index in [0.29, 0.717) is 18.0 Å². The molecule has 0 unspecified atom stereocenters. The van der Waals surface area contributed by atoms with Gasteiger partial charge in [-0.25, -0.2) is 0 Å². The molecule has 4 nitrogen and oxygen atoms in total. The summed E-state index contributed by atoms with van der Waals surface area (Å²) in [5, 5.41) is 2.87. The molecular formula is C14H19BrN2O2. The molecule has 1 N–H and O–H groups in total. The van der Waals surface area contributed by atoms with Gasteiger partial charge in [0.15, 0.2) is 0 Å². The summed E-state index contributed by atoms with van der Waals surface area (Å²) in [6, 6.07) is 5.30. The molecule has 1 rings (SSSR count). The first-order chi connectivity index (χ1) is 8.93. The Morgan fingerprint density at radius 3 is 2.68 bits per heavy atom. The van der Waals surface area contributed by atoms with E-state index in [0.717, 1.165) is 16.4 Å². The molecular weight excluding hydrogens is 308 g/mol. The maximum absolute atomic E-state index is 11.7. The first kappa shape index (κ1) is 15.7. The lowest BCUT2D eigenvalue weighted by molar-refractivity contribution is -0.119. The second kappa shape index (κ2) is 7.28. The van der Waals surface area contributed by atoms with Gasteiger partial charge in [0.25, 0.3) is 0 Å². The highest BCUT2D eigenvalue weighted by molar-refractivity contribution is 9.10. The second-order valence-corrected chi connectivity index (χ2v) is 5.74. The summed E-state index contributed by atoms with van der Waals surface area (Å²) in [6.07, 6.45) is 0.796.